The predicted octanol–water partition coefficient (Wildman–Crippen LogP) is 1.71. The van der Waals surface area contributed by atoms with Gasteiger partial charge >= 0.3 is 0 Å². The van der Waals surface area contributed by atoms with Crippen LogP contribution in [0.2, 0.25) is 0 Å². The molecule has 3 aromatic rings. The molecule has 0 aromatic carbocycles. The van der Waals surface area contributed by atoms with Gasteiger partial charge in [-0.15, -0.1) is 0 Å². The van der Waals surface area contributed by atoms with Crippen LogP contribution < -0.4 is 0 Å². The Bertz CT molecular complexity index is 551. The van der Waals surface area contributed by atoms with Crippen molar-refractivity contribution in [1.82, 2.24) is 19.5 Å². The lowest BCUT2D eigenvalue weighted by Crippen LogP contribution is -1.99. The number of rotatable bonds is 3. The van der Waals surface area contributed by atoms with E-state index in [1.807, 2.05) is 52.2 Å². The maximum Gasteiger partial charge on any atom is 0.124 e. The maximum absolute atomic E-state index is 4.77. The maximum atomic E-state index is 4.77. The van der Waals surface area contributed by atoms with E-state index in [-0.39, 0.29) is 0 Å². The molecule has 0 atom stereocenters. The Morgan fingerprint density at radius 2 is 2.12 bits per heavy atom. The van der Waals surface area contributed by atoms with Crippen molar-refractivity contribution in [1.29, 1.82) is 0 Å². The summed E-state index contributed by atoms with van der Waals surface area (Å²) in [7, 11) is 0. The van der Waals surface area contributed by atoms with Gasteiger partial charge in [0.2, 0.25) is 0 Å². The first-order chi connectivity index (χ1) is 7.92. The van der Waals surface area contributed by atoms with Gasteiger partial charge in [0.15, 0.2) is 0 Å². The third kappa shape index (κ3) is 1.63. The second-order valence-corrected chi connectivity index (χ2v) is 3.48. The van der Waals surface area contributed by atoms with Crippen LogP contribution in [-0.2, 0) is 6.54 Å². The minimum absolute atomic E-state index is 0.623. The Hall–Kier alpha value is -2.30. The van der Waals surface area contributed by atoms with Crippen LogP contribution in [-0.4, -0.2) is 19.5 Å². The van der Waals surface area contributed by atoms with Crippen molar-refractivity contribution in [2.24, 2.45) is 0 Å². The molecule has 0 fully saturated rings. The van der Waals surface area contributed by atoms with E-state index in [2.05, 4.69) is 10.3 Å². The molecule has 16 heavy (non-hydrogen) atoms. The zero-order valence-corrected chi connectivity index (χ0v) is 8.52. The topological polar surface area (TPSA) is 48.8 Å². The third-order valence-corrected chi connectivity index (χ3v) is 2.34. The smallest absolute Gasteiger partial charge is 0.124 e. The SMILES string of the molecule is c1ccn(-c2cnn(Cc3ccon3)c2)c1. The van der Waals surface area contributed by atoms with Gasteiger partial charge in [-0.25, -0.2) is 0 Å². The minimum atomic E-state index is 0.623. The number of hydrogen-bond donors (Lipinski definition) is 0. The lowest BCUT2D eigenvalue weighted by Gasteiger charge is -1.97. The van der Waals surface area contributed by atoms with E-state index < -0.39 is 0 Å². The summed E-state index contributed by atoms with van der Waals surface area (Å²) in [6.07, 6.45) is 9.31. The highest BCUT2D eigenvalue weighted by atomic mass is 16.5. The number of aromatic nitrogens is 4. The predicted molar refractivity (Wildman–Crippen MR) is 57.2 cm³/mol. The Morgan fingerprint density at radius 3 is 2.88 bits per heavy atom. The van der Waals surface area contributed by atoms with Crippen molar-refractivity contribution < 1.29 is 4.52 Å². The fourth-order valence-electron chi connectivity index (χ4n) is 1.56. The standard InChI is InChI=1S/C11H10N4O/c1-2-5-14(4-1)11-7-12-15(9-11)8-10-3-6-16-13-10/h1-7,9H,8H2. The molecule has 0 radical (unpaired) electrons. The summed E-state index contributed by atoms with van der Waals surface area (Å²) in [4.78, 5) is 0. The van der Waals surface area contributed by atoms with E-state index in [0.29, 0.717) is 6.54 Å². The van der Waals surface area contributed by atoms with Crippen LogP contribution in [0.1, 0.15) is 5.69 Å². The highest BCUT2D eigenvalue weighted by molar-refractivity contribution is 5.26. The highest BCUT2D eigenvalue weighted by Gasteiger charge is 2.02. The van der Waals surface area contributed by atoms with Gasteiger partial charge in [-0.05, 0) is 12.1 Å². The van der Waals surface area contributed by atoms with Crippen LogP contribution in [0.25, 0.3) is 5.69 Å². The molecule has 0 saturated heterocycles. The van der Waals surface area contributed by atoms with E-state index in [4.69, 9.17) is 4.52 Å². The molecule has 0 aliphatic rings. The molecule has 80 valence electrons. The van der Waals surface area contributed by atoms with E-state index in [0.717, 1.165) is 11.4 Å². The van der Waals surface area contributed by atoms with E-state index >= 15 is 0 Å². The summed E-state index contributed by atoms with van der Waals surface area (Å²) in [6, 6.07) is 5.79. The number of nitrogens with zero attached hydrogens (tertiary/aromatic N) is 4. The molecule has 3 heterocycles. The van der Waals surface area contributed by atoms with Crippen molar-refractivity contribution in [2.75, 3.05) is 0 Å². The van der Waals surface area contributed by atoms with Crippen LogP contribution in [0.5, 0.6) is 0 Å². The largest absolute Gasteiger partial charge is 0.364 e. The molecular formula is C11H10N4O. The second-order valence-electron chi connectivity index (χ2n) is 3.48. The molecule has 3 aromatic heterocycles. The van der Waals surface area contributed by atoms with Crippen LogP contribution in [0.4, 0.5) is 0 Å². The minimum Gasteiger partial charge on any atom is -0.364 e. The highest BCUT2D eigenvalue weighted by Crippen LogP contribution is 2.07. The van der Waals surface area contributed by atoms with Crippen LogP contribution in [0.15, 0.2) is 53.8 Å². The lowest BCUT2D eigenvalue weighted by molar-refractivity contribution is 0.408. The van der Waals surface area contributed by atoms with E-state index in [1.54, 1.807) is 6.26 Å². The van der Waals surface area contributed by atoms with Gasteiger partial charge in [-0.3, -0.25) is 4.68 Å². The quantitative estimate of drug-likeness (QED) is 0.666. The molecule has 0 saturated carbocycles. The molecule has 0 aliphatic carbocycles. The van der Waals surface area contributed by atoms with E-state index in [1.165, 1.54) is 0 Å². The normalized spacial score (nSPS) is 10.8. The summed E-state index contributed by atoms with van der Waals surface area (Å²) in [5.41, 5.74) is 1.90. The molecule has 3 rings (SSSR count). The van der Waals surface area contributed by atoms with Crippen LogP contribution >= 0.6 is 0 Å². The zero-order chi connectivity index (χ0) is 10.8. The monoisotopic (exact) mass is 214 g/mol. The number of hydrogen-bond acceptors (Lipinski definition) is 3. The molecule has 5 heteroatoms. The second kappa shape index (κ2) is 3.69. The molecule has 5 nitrogen and oxygen atoms in total. The average molecular weight is 214 g/mol. The first-order valence-corrected chi connectivity index (χ1v) is 4.97. The van der Waals surface area contributed by atoms with Gasteiger partial charge in [0.1, 0.15) is 12.0 Å². The van der Waals surface area contributed by atoms with Crippen molar-refractivity contribution in [3.63, 3.8) is 0 Å². The van der Waals surface area contributed by atoms with Gasteiger partial charge < -0.3 is 9.09 Å². The third-order valence-electron chi connectivity index (χ3n) is 2.34. The summed E-state index contributed by atoms with van der Waals surface area (Å²) in [6.45, 7) is 0.623. The first kappa shape index (κ1) is 8.96. The van der Waals surface area contributed by atoms with Crippen molar-refractivity contribution in [2.45, 2.75) is 6.54 Å². The summed E-state index contributed by atoms with van der Waals surface area (Å²) in [5, 5.41) is 8.10. The van der Waals surface area contributed by atoms with Crippen LogP contribution in [0, 0.1) is 0 Å². The molecule has 0 aliphatic heterocycles. The van der Waals surface area contributed by atoms with Gasteiger partial charge in [0, 0.05) is 24.7 Å². The Kier molecular flexibility index (Phi) is 2.07. The Labute approximate surface area is 91.9 Å². The van der Waals surface area contributed by atoms with Crippen molar-refractivity contribution in [3.8, 4) is 5.69 Å². The van der Waals surface area contributed by atoms with Gasteiger partial charge in [-0.2, -0.15) is 5.10 Å². The van der Waals surface area contributed by atoms with E-state index in [9.17, 15) is 0 Å². The van der Waals surface area contributed by atoms with Gasteiger partial charge in [0.05, 0.1) is 18.4 Å². The lowest BCUT2D eigenvalue weighted by atomic mass is 10.4. The molecule has 0 spiro atoms. The average Bonchev–Trinajstić information content (AvgIpc) is 2.99. The molecule has 0 N–H and O–H groups in total. The Balaban J connectivity index is 1.83. The molecule has 0 amide bonds. The van der Waals surface area contributed by atoms with Gasteiger partial charge in [0.25, 0.3) is 0 Å². The first-order valence-electron chi connectivity index (χ1n) is 4.97. The summed E-state index contributed by atoms with van der Waals surface area (Å²) in [5.74, 6) is 0. The molecule has 0 bridgehead atoms. The summed E-state index contributed by atoms with van der Waals surface area (Å²) < 4.78 is 8.60. The van der Waals surface area contributed by atoms with Crippen molar-refractivity contribution in [3.05, 3.63) is 54.9 Å². The fraction of sp³-hybridized carbons (Fsp3) is 0.0909. The summed E-state index contributed by atoms with van der Waals surface area (Å²) >= 11 is 0. The molecular weight excluding hydrogens is 204 g/mol. The Morgan fingerprint density at radius 1 is 1.25 bits per heavy atom. The zero-order valence-electron chi connectivity index (χ0n) is 8.52. The van der Waals surface area contributed by atoms with Gasteiger partial charge in [-0.1, -0.05) is 5.16 Å². The fourth-order valence-corrected chi connectivity index (χ4v) is 1.56. The van der Waals surface area contributed by atoms with Crippen molar-refractivity contribution >= 4 is 0 Å². The van der Waals surface area contributed by atoms with Crippen LogP contribution in [0.3, 0.4) is 0 Å². The molecule has 0 unspecified atom stereocenters.